The van der Waals surface area contributed by atoms with Crippen LogP contribution in [-0.4, -0.2) is 25.2 Å². The molecular formula is C16H22N2O2. The first-order valence-corrected chi connectivity index (χ1v) is 7.64. The Balaban J connectivity index is 1.73. The van der Waals surface area contributed by atoms with Gasteiger partial charge in [-0.05, 0) is 31.4 Å². The van der Waals surface area contributed by atoms with Crippen LogP contribution >= 0.6 is 0 Å². The Kier molecular flexibility index (Phi) is 4.09. The Morgan fingerprint density at radius 3 is 2.80 bits per heavy atom. The van der Waals surface area contributed by atoms with E-state index in [-0.39, 0.29) is 6.03 Å². The van der Waals surface area contributed by atoms with Crippen LogP contribution in [0.5, 0.6) is 5.75 Å². The molecule has 1 aromatic rings. The third kappa shape index (κ3) is 2.89. The molecule has 1 heterocycles. The number of benzene rings is 1. The summed E-state index contributed by atoms with van der Waals surface area (Å²) in [6.07, 6.45) is 6.84. The molecule has 1 aliphatic carbocycles. The van der Waals surface area contributed by atoms with Gasteiger partial charge in [-0.2, -0.15) is 0 Å². The molecule has 3 rings (SSSR count). The van der Waals surface area contributed by atoms with Crippen LogP contribution in [0.4, 0.5) is 10.5 Å². The van der Waals surface area contributed by atoms with Gasteiger partial charge >= 0.3 is 6.03 Å². The molecule has 0 spiro atoms. The average Bonchev–Trinajstić information content (AvgIpc) is 2.70. The predicted octanol–water partition coefficient (Wildman–Crippen LogP) is 3.32. The molecule has 0 bridgehead atoms. The minimum Gasteiger partial charge on any atom is -0.491 e. The Morgan fingerprint density at radius 1 is 1.15 bits per heavy atom. The minimum absolute atomic E-state index is 0.0230. The molecule has 20 heavy (non-hydrogen) atoms. The van der Waals surface area contributed by atoms with Crippen LogP contribution in [0.25, 0.3) is 0 Å². The van der Waals surface area contributed by atoms with Crippen molar-refractivity contribution in [2.24, 2.45) is 0 Å². The molecule has 4 heteroatoms. The van der Waals surface area contributed by atoms with Crippen LogP contribution in [0.2, 0.25) is 0 Å². The Hall–Kier alpha value is -1.71. The number of amides is 2. The van der Waals surface area contributed by atoms with Gasteiger partial charge in [0.25, 0.3) is 0 Å². The molecule has 0 saturated heterocycles. The zero-order valence-corrected chi connectivity index (χ0v) is 11.8. The quantitative estimate of drug-likeness (QED) is 0.853. The molecule has 4 nitrogen and oxygen atoms in total. The Bertz CT molecular complexity index is 469. The van der Waals surface area contributed by atoms with E-state index >= 15 is 0 Å². The number of nitrogens with zero attached hydrogens (tertiary/aromatic N) is 1. The average molecular weight is 274 g/mol. The SMILES string of the molecule is O=C(NC1CCCCC1)N1CCCOc2ccccc21. The van der Waals surface area contributed by atoms with Crippen LogP contribution in [0, 0.1) is 0 Å². The summed E-state index contributed by atoms with van der Waals surface area (Å²) in [6.45, 7) is 1.39. The van der Waals surface area contributed by atoms with Gasteiger partial charge in [-0.3, -0.25) is 4.90 Å². The van der Waals surface area contributed by atoms with Gasteiger partial charge in [-0.25, -0.2) is 4.79 Å². The molecule has 0 atom stereocenters. The van der Waals surface area contributed by atoms with Crippen molar-refractivity contribution in [3.63, 3.8) is 0 Å². The zero-order valence-electron chi connectivity index (χ0n) is 11.8. The molecule has 1 aromatic carbocycles. The van der Waals surface area contributed by atoms with Crippen molar-refractivity contribution < 1.29 is 9.53 Å². The number of hydrogen-bond donors (Lipinski definition) is 1. The van der Waals surface area contributed by atoms with E-state index in [2.05, 4.69) is 5.32 Å². The van der Waals surface area contributed by atoms with Crippen molar-refractivity contribution in [1.29, 1.82) is 0 Å². The van der Waals surface area contributed by atoms with Gasteiger partial charge in [-0.1, -0.05) is 31.4 Å². The Morgan fingerprint density at radius 2 is 1.95 bits per heavy atom. The summed E-state index contributed by atoms with van der Waals surface area (Å²) >= 11 is 0. The molecule has 0 aromatic heterocycles. The van der Waals surface area contributed by atoms with E-state index in [1.807, 2.05) is 29.2 Å². The van der Waals surface area contributed by atoms with Gasteiger partial charge < -0.3 is 10.1 Å². The number of ether oxygens (including phenoxy) is 1. The first-order chi connectivity index (χ1) is 9.84. The van der Waals surface area contributed by atoms with Gasteiger partial charge in [0.05, 0.1) is 12.3 Å². The molecule has 2 amide bonds. The minimum atomic E-state index is 0.0230. The van der Waals surface area contributed by atoms with Gasteiger partial charge in [-0.15, -0.1) is 0 Å². The second-order valence-electron chi connectivity index (χ2n) is 5.61. The maximum Gasteiger partial charge on any atom is 0.322 e. The van der Waals surface area contributed by atoms with Gasteiger partial charge in [0.15, 0.2) is 0 Å². The van der Waals surface area contributed by atoms with Crippen molar-refractivity contribution in [3.05, 3.63) is 24.3 Å². The lowest BCUT2D eigenvalue weighted by atomic mass is 9.96. The maximum absolute atomic E-state index is 12.5. The number of carbonyl (C=O) groups excluding carboxylic acids is 1. The van der Waals surface area contributed by atoms with Crippen molar-refractivity contribution in [2.75, 3.05) is 18.1 Å². The Labute approximate surface area is 120 Å². The third-order valence-corrected chi connectivity index (χ3v) is 4.12. The maximum atomic E-state index is 12.5. The van der Waals surface area contributed by atoms with Gasteiger partial charge in [0.1, 0.15) is 5.75 Å². The highest BCUT2D eigenvalue weighted by atomic mass is 16.5. The first kappa shape index (κ1) is 13.3. The molecule has 1 aliphatic heterocycles. The lowest BCUT2D eigenvalue weighted by molar-refractivity contribution is 0.238. The summed E-state index contributed by atoms with van der Waals surface area (Å²) in [5.74, 6) is 0.809. The molecular weight excluding hydrogens is 252 g/mol. The fourth-order valence-electron chi connectivity index (χ4n) is 3.04. The largest absolute Gasteiger partial charge is 0.491 e. The summed E-state index contributed by atoms with van der Waals surface area (Å²) in [4.78, 5) is 14.4. The van der Waals surface area contributed by atoms with Crippen LogP contribution in [0.15, 0.2) is 24.3 Å². The van der Waals surface area contributed by atoms with E-state index in [0.29, 0.717) is 12.6 Å². The van der Waals surface area contributed by atoms with E-state index in [1.54, 1.807) is 0 Å². The van der Waals surface area contributed by atoms with E-state index < -0.39 is 0 Å². The van der Waals surface area contributed by atoms with Crippen LogP contribution in [0.1, 0.15) is 38.5 Å². The number of rotatable bonds is 1. The highest BCUT2D eigenvalue weighted by Crippen LogP contribution is 2.30. The zero-order chi connectivity index (χ0) is 13.8. The second-order valence-corrected chi connectivity index (χ2v) is 5.61. The fourth-order valence-corrected chi connectivity index (χ4v) is 3.04. The molecule has 2 aliphatic rings. The molecule has 1 fully saturated rings. The van der Waals surface area contributed by atoms with Gasteiger partial charge in [0, 0.05) is 12.6 Å². The van der Waals surface area contributed by atoms with Crippen molar-refractivity contribution in [1.82, 2.24) is 5.32 Å². The van der Waals surface area contributed by atoms with Crippen LogP contribution < -0.4 is 15.0 Å². The van der Waals surface area contributed by atoms with E-state index in [9.17, 15) is 4.79 Å². The second kappa shape index (κ2) is 6.16. The number of anilines is 1. The third-order valence-electron chi connectivity index (χ3n) is 4.12. The van der Waals surface area contributed by atoms with Crippen LogP contribution in [-0.2, 0) is 0 Å². The standard InChI is InChI=1S/C16H22N2O2/c19-16(17-13-7-2-1-3-8-13)18-11-6-12-20-15-10-5-4-9-14(15)18/h4-5,9-10,13H,1-3,6-8,11-12H2,(H,17,19). The van der Waals surface area contributed by atoms with E-state index in [4.69, 9.17) is 4.74 Å². The van der Waals surface area contributed by atoms with Gasteiger partial charge in [0.2, 0.25) is 0 Å². The van der Waals surface area contributed by atoms with E-state index in [0.717, 1.165) is 37.2 Å². The summed E-state index contributed by atoms with van der Waals surface area (Å²) < 4.78 is 5.70. The number of nitrogens with one attached hydrogen (secondary N) is 1. The highest BCUT2D eigenvalue weighted by molar-refractivity contribution is 5.93. The number of fused-ring (bicyclic) bond motifs is 1. The topological polar surface area (TPSA) is 41.6 Å². The summed E-state index contributed by atoms with van der Waals surface area (Å²) in [5, 5.41) is 3.19. The summed E-state index contributed by atoms with van der Waals surface area (Å²) in [7, 11) is 0. The fraction of sp³-hybridized carbons (Fsp3) is 0.562. The molecule has 1 N–H and O–H groups in total. The van der Waals surface area contributed by atoms with Crippen molar-refractivity contribution in [2.45, 2.75) is 44.6 Å². The molecule has 0 unspecified atom stereocenters. The molecule has 1 saturated carbocycles. The predicted molar refractivity (Wildman–Crippen MR) is 79.3 cm³/mol. The monoisotopic (exact) mass is 274 g/mol. The first-order valence-electron chi connectivity index (χ1n) is 7.64. The number of urea groups is 1. The number of carbonyl (C=O) groups is 1. The lowest BCUT2D eigenvalue weighted by Crippen LogP contribution is -2.45. The number of hydrogen-bond acceptors (Lipinski definition) is 2. The van der Waals surface area contributed by atoms with Crippen molar-refractivity contribution >= 4 is 11.7 Å². The molecule has 0 radical (unpaired) electrons. The normalized spacial score (nSPS) is 19.7. The highest BCUT2D eigenvalue weighted by Gasteiger charge is 2.24. The van der Waals surface area contributed by atoms with Crippen LogP contribution in [0.3, 0.4) is 0 Å². The van der Waals surface area contributed by atoms with Crippen molar-refractivity contribution in [3.8, 4) is 5.75 Å². The summed E-state index contributed by atoms with van der Waals surface area (Å²) in [5.41, 5.74) is 0.887. The smallest absolute Gasteiger partial charge is 0.322 e. The summed E-state index contributed by atoms with van der Waals surface area (Å²) in [6, 6.07) is 8.15. The lowest BCUT2D eigenvalue weighted by Gasteiger charge is -2.28. The molecule has 108 valence electrons. The number of para-hydroxylation sites is 2. The van der Waals surface area contributed by atoms with E-state index in [1.165, 1.54) is 19.3 Å².